The van der Waals surface area contributed by atoms with Gasteiger partial charge in [0.25, 0.3) is 5.91 Å². The molecule has 3 heteroatoms. The molecule has 0 fully saturated rings. The molecule has 1 amide bonds. The Bertz CT molecular complexity index is 310. The largest absolute Gasteiger partial charge is 0.345 e. The minimum Gasteiger partial charge on any atom is -0.345 e. The van der Waals surface area contributed by atoms with Crippen LogP contribution < -0.4 is 0 Å². The minimum atomic E-state index is -0.00347. The van der Waals surface area contributed by atoms with Gasteiger partial charge in [-0.1, -0.05) is 18.2 Å². The van der Waals surface area contributed by atoms with Crippen LogP contribution in [0.3, 0.4) is 0 Å². The van der Waals surface area contributed by atoms with E-state index in [1.54, 1.807) is 25.1 Å². The van der Waals surface area contributed by atoms with Gasteiger partial charge in [-0.3, -0.25) is 4.79 Å². The quantitative estimate of drug-likeness (QED) is 0.666. The highest BCUT2D eigenvalue weighted by molar-refractivity contribution is 6.17. The summed E-state index contributed by atoms with van der Waals surface area (Å²) in [7, 11) is 3.46. The molecule has 0 unspecified atom stereocenters. The van der Waals surface area contributed by atoms with Crippen molar-refractivity contribution in [3.05, 3.63) is 35.4 Å². The van der Waals surface area contributed by atoms with Gasteiger partial charge in [0.2, 0.25) is 0 Å². The number of nitrogens with zero attached hydrogens (tertiary/aromatic N) is 1. The van der Waals surface area contributed by atoms with Gasteiger partial charge in [0.1, 0.15) is 0 Å². The molecule has 0 aliphatic rings. The van der Waals surface area contributed by atoms with Gasteiger partial charge >= 0.3 is 0 Å². The van der Waals surface area contributed by atoms with Crippen LogP contribution in [0.5, 0.6) is 0 Å². The summed E-state index contributed by atoms with van der Waals surface area (Å²) < 4.78 is 0. The zero-order valence-electron chi connectivity index (χ0n) is 7.75. The summed E-state index contributed by atoms with van der Waals surface area (Å²) in [4.78, 5) is 13.1. The maximum Gasteiger partial charge on any atom is 0.253 e. The van der Waals surface area contributed by atoms with Crippen LogP contribution >= 0.6 is 11.6 Å². The number of amides is 1. The topological polar surface area (TPSA) is 20.3 Å². The van der Waals surface area contributed by atoms with Crippen molar-refractivity contribution in [1.29, 1.82) is 0 Å². The maximum absolute atomic E-state index is 11.6. The lowest BCUT2D eigenvalue weighted by Crippen LogP contribution is -2.22. The van der Waals surface area contributed by atoms with Crippen LogP contribution in [-0.4, -0.2) is 24.9 Å². The number of rotatable bonds is 2. The standard InChI is InChI=1S/C10H12ClNO/c1-12(2)10(13)9-6-4-3-5-8(9)7-11/h3-6H,7H2,1-2H3. The van der Waals surface area contributed by atoms with E-state index < -0.39 is 0 Å². The zero-order chi connectivity index (χ0) is 9.84. The molecule has 0 aliphatic carbocycles. The third-order valence-electron chi connectivity index (χ3n) is 1.80. The first-order chi connectivity index (χ1) is 6.16. The smallest absolute Gasteiger partial charge is 0.253 e. The maximum atomic E-state index is 11.6. The average Bonchev–Trinajstić information content (AvgIpc) is 2.16. The molecule has 0 N–H and O–H groups in total. The van der Waals surface area contributed by atoms with Crippen LogP contribution in [0, 0.1) is 0 Å². The molecule has 0 spiro atoms. The predicted molar refractivity (Wildman–Crippen MR) is 54.0 cm³/mol. The highest BCUT2D eigenvalue weighted by Crippen LogP contribution is 2.12. The molecule has 0 atom stereocenters. The van der Waals surface area contributed by atoms with Crippen molar-refractivity contribution in [3.63, 3.8) is 0 Å². The Balaban J connectivity index is 3.06. The molecule has 0 aromatic heterocycles. The van der Waals surface area contributed by atoms with E-state index in [1.165, 1.54) is 0 Å². The monoisotopic (exact) mass is 197 g/mol. The first kappa shape index (κ1) is 10.1. The van der Waals surface area contributed by atoms with E-state index in [0.717, 1.165) is 5.56 Å². The Labute approximate surface area is 83.1 Å². The summed E-state index contributed by atoms with van der Waals surface area (Å²) in [6.07, 6.45) is 0. The number of hydrogen-bond acceptors (Lipinski definition) is 1. The van der Waals surface area contributed by atoms with E-state index >= 15 is 0 Å². The molecular formula is C10H12ClNO. The van der Waals surface area contributed by atoms with Crippen LogP contribution in [0.1, 0.15) is 15.9 Å². The van der Waals surface area contributed by atoms with Crippen molar-refractivity contribution >= 4 is 17.5 Å². The fourth-order valence-corrected chi connectivity index (χ4v) is 1.32. The number of hydrogen-bond donors (Lipinski definition) is 0. The summed E-state index contributed by atoms with van der Waals surface area (Å²) in [6, 6.07) is 7.38. The van der Waals surface area contributed by atoms with Crippen molar-refractivity contribution < 1.29 is 4.79 Å². The minimum absolute atomic E-state index is 0.00347. The summed E-state index contributed by atoms with van der Waals surface area (Å²) in [5, 5.41) is 0. The summed E-state index contributed by atoms with van der Waals surface area (Å²) in [6.45, 7) is 0. The Morgan fingerprint density at radius 3 is 2.54 bits per heavy atom. The first-order valence-electron chi connectivity index (χ1n) is 4.02. The van der Waals surface area contributed by atoms with Crippen LogP contribution in [0.15, 0.2) is 24.3 Å². The van der Waals surface area contributed by atoms with E-state index in [1.807, 2.05) is 18.2 Å². The SMILES string of the molecule is CN(C)C(=O)c1ccccc1CCl. The molecule has 13 heavy (non-hydrogen) atoms. The molecule has 0 heterocycles. The molecule has 1 aromatic carbocycles. The lowest BCUT2D eigenvalue weighted by Gasteiger charge is -2.12. The molecule has 2 nitrogen and oxygen atoms in total. The second kappa shape index (κ2) is 4.28. The molecular weight excluding hydrogens is 186 g/mol. The van der Waals surface area contributed by atoms with Gasteiger partial charge in [0, 0.05) is 25.5 Å². The van der Waals surface area contributed by atoms with E-state index in [2.05, 4.69) is 0 Å². The molecule has 1 aromatic rings. The highest BCUT2D eigenvalue weighted by Gasteiger charge is 2.10. The van der Waals surface area contributed by atoms with Crippen molar-refractivity contribution in [2.45, 2.75) is 5.88 Å². The molecule has 0 bridgehead atoms. The van der Waals surface area contributed by atoms with Gasteiger partial charge in [-0.05, 0) is 11.6 Å². The molecule has 70 valence electrons. The predicted octanol–water partition coefficient (Wildman–Crippen LogP) is 2.13. The van der Waals surface area contributed by atoms with Crippen LogP contribution in [0.4, 0.5) is 0 Å². The summed E-state index contributed by atoms with van der Waals surface area (Å²) in [5.74, 6) is 0.367. The third kappa shape index (κ3) is 2.22. The van der Waals surface area contributed by atoms with Crippen molar-refractivity contribution in [2.75, 3.05) is 14.1 Å². The van der Waals surface area contributed by atoms with Gasteiger partial charge in [0.15, 0.2) is 0 Å². The van der Waals surface area contributed by atoms with Crippen molar-refractivity contribution in [3.8, 4) is 0 Å². The van der Waals surface area contributed by atoms with Crippen LogP contribution in [-0.2, 0) is 5.88 Å². The third-order valence-corrected chi connectivity index (χ3v) is 2.09. The molecule has 1 rings (SSSR count). The van der Waals surface area contributed by atoms with Crippen molar-refractivity contribution in [2.24, 2.45) is 0 Å². The Morgan fingerprint density at radius 2 is 2.00 bits per heavy atom. The first-order valence-corrected chi connectivity index (χ1v) is 4.55. The van der Waals surface area contributed by atoms with E-state index in [4.69, 9.17) is 11.6 Å². The average molecular weight is 198 g/mol. The number of carbonyl (C=O) groups excluding carboxylic acids is 1. The van der Waals surface area contributed by atoms with Gasteiger partial charge in [-0.25, -0.2) is 0 Å². The van der Waals surface area contributed by atoms with E-state index in [9.17, 15) is 4.79 Å². The Kier molecular flexibility index (Phi) is 3.32. The van der Waals surface area contributed by atoms with Gasteiger partial charge < -0.3 is 4.90 Å². The molecule has 0 radical (unpaired) electrons. The van der Waals surface area contributed by atoms with Gasteiger partial charge in [0.05, 0.1) is 0 Å². The Hall–Kier alpha value is -1.02. The Morgan fingerprint density at radius 1 is 1.38 bits per heavy atom. The fourth-order valence-electron chi connectivity index (χ4n) is 1.09. The lowest BCUT2D eigenvalue weighted by atomic mass is 10.1. The molecule has 0 aliphatic heterocycles. The number of alkyl halides is 1. The van der Waals surface area contributed by atoms with Gasteiger partial charge in [-0.15, -0.1) is 11.6 Å². The summed E-state index contributed by atoms with van der Waals surface area (Å²) >= 11 is 5.71. The van der Waals surface area contributed by atoms with E-state index in [-0.39, 0.29) is 5.91 Å². The van der Waals surface area contributed by atoms with E-state index in [0.29, 0.717) is 11.4 Å². The van der Waals surface area contributed by atoms with Crippen LogP contribution in [0.25, 0.3) is 0 Å². The zero-order valence-corrected chi connectivity index (χ0v) is 8.51. The highest BCUT2D eigenvalue weighted by atomic mass is 35.5. The molecule has 0 saturated heterocycles. The lowest BCUT2D eigenvalue weighted by molar-refractivity contribution is 0.0827. The van der Waals surface area contributed by atoms with Gasteiger partial charge in [-0.2, -0.15) is 0 Å². The summed E-state index contributed by atoms with van der Waals surface area (Å²) in [5.41, 5.74) is 1.56. The number of benzene rings is 1. The second-order valence-corrected chi connectivity index (χ2v) is 3.26. The van der Waals surface area contributed by atoms with Crippen molar-refractivity contribution in [1.82, 2.24) is 4.90 Å². The number of halogens is 1. The molecule has 0 saturated carbocycles. The fraction of sp³-hybridized carbons (Fsp3) is 0.300. The number of carbonyl (C=O) groups is 1. The van der Waals surface area contributed by atoms with Crippen LogP contribution in [0.2, 0.25) is 0 Å². The normalized spacial score (nSPS) is 9.77. The second-order valence-electron chi connectivity index (χ2n) is 2.99.